The number of para-hydroxylation sites is 1. The van der Waals surface area contributed by atoms with E-state index in [0.717, 1.165) is 23.8 Å². The highest BCUT2D eigenvalue weighted by molar-refractivity contribution is 5.53. The van der Waals surface area contributed by atoms with Gasteiger partial charge in [0.1, 0.15) is 23.2 Å². The molecule has 4 bridgehead atoms. The second kappa shape index (κ2) is 8.01. The molecule has 6 rings (SSSR count). The summed E-state index contributed by atoms with van der Waals surface area (Å²) in [6.07, 6.45) is 7.85. The molecule has 2 unspecified atom stereocenters. The Bertz CT molecular complexity index is 986. The van der Waals surface area contributed by atoms with Crippen molar-refractivity contribution < 1.29 is 4.74 Å². The molecule has 2 atom stereocenters. The lowest BCUT2D eigenvalue weighted by Gasteiger charge is -2.59. The van der Waals surface area contributed by atoms with Gasteiger partial charge in [-0.2, -0.15) is 10.2 Å². The zero-order valence-electron chi connectivity index (χ0n) is 18.0. The Balaban J connectivity index is 1.29. The molecule has 4 fully saturated rings. The van der Waals surface area contributed by atoms with Gasteiger partial charge in [-0.25, -0.2) is 4.98 Å². The van der Waals surface area contributed by atoms with E-state index >= 15 is 0 Å². The second-order valence-corrected chi connectivity index (χ2v) is 9.63. The lowest BCUT2D eigenvalue weighted by Crippen LogP contribution is -2.58. The molecule has 7 nitrogen and oxygen atoms in total. The molecule has 162 valence electrons. The normalized spacial score (nSPS) is 30.6. The molecule has 1 aromatic carbocycles. The molecule has 4 N–H and O–H groups in total. The van der Waals surface area contributed by atoms with Crippen molar-refractivity contribution >= 4 is 11.8 Å². The third-order valence-corrected chi connectivity index (χ3v) is 7.64. The summed E-state index contributed by atoms with van der Waals surface area (Å²) >= 11 is 0. The third kappa shape index (κ3) is 3.81. The minimum absolute atomic E-state index is 0.287. The molecule has 0 spiro atoms. The number of methoxy groups -OCH3 is 1. The van der Waals surface area contributed by atoms with E-state index < -0.39 is 0 Å². The predicted octanol–water partition coefficient (Wildman–Crippen LogP) is 3.53. The molecule has 31 heavy (non-hydrogen) atoms. The Morgan fingerprint density at radius 2 is 1.97 bits per heavy atom. The van der Waals surface area contributed by atoms with Crippen molar-refractivity contribution in [3.8, 4) is 11.8 Å². The van der Waals surface area contributed by atoms with E-state index in [1.165, 1.54) is 32.1 Å². The summed E-state index contributed by atoms with van der Waals surface area (Å²) in [5.41, 5.74) is 8.29. The standard InChI is InChI=1S/C24H30N6O/c1-31-20-5-3-2-4-16(20)12-27-23-28-13-19(11-25)22(30-23)29-14-24-8-15-6-17(9-24)21(26)18(7-15)10-24/h2-5,13,15,17-18,21H,6-10,12,14,26H2,1H3,(H2,27,28,29,30). The van der Waals surface area contributed by atoms with Gasteiger partial charge >= 0.3 is 0 Å². The van der Waals surface area contributed by atoms with Crippen LogP contribution in [0.3, 0.4) is 0 Å². The molecule has 0 amide bonds. The fraction of sp³-hybridized carbons (Fsp3) is 0.542. The smallest absolute Gasteiger partial charge is 0.224 e. The van der Waals surface area contributed by atoms with Crippen molar-refractivity contribution in [1.82, 2.24) is 9.97 Å². The highest BCUT2D eigenvalue weighted by atomic mass is 16.5. The molecule has 2 aromatic rings. The Labute approximate surface area is 183 Å². The molecule has 4 saturated carbocycles. The van der Waals surface area contributed by atoms with Gasteiger partial charge in [0, 0.05) is 24.7 Å². The molecule has 0 radical (unpaired) electrons. The summed E-state index contributed by atoms with van der Waals surface area (Å²) in [6, 6.07) is 10.5. The number of benzene rings is 1. The van der Waals surface area contributed by atoms with Crippen molar-refractivity contribution in [2.45, 2.75) is 44.7 Å². The summed E-state index contributed by atoms with van der Waals surface area (Å²) in [5, 5.41) is 16.3. The van der Waals surface area contributed by atoms with E-state index in [4.69, 9.17) is 10.5 Å². The van der Waals surface area contributed by atoms with Gasteiger partial charge < -0.3 is 21.1 Å². The van der Waals surface area contributed by atoms with Gasteiger partial charge in [-0.05, 0) is 61.3 Å². The van der Waals surface area contributed by atoms with E-state index in [1.54, 1.807) is 13.3 Å². The van der Waals surface area contributed by atoms with E-state index in [2.05, 4.69) is 26.7 Å². The first-order chi connectivity index (χ1) is 15.1. The molecule has 1 aromatic heterocycles. The molecular weight excluding hydrogens is 388 g/mol. The topological polar surface area (TPSA) is 109 Å². The first-order valence-corrected chi connectivity index (χ1v) is 11.2. The average molecular weight is 419 g/mol. The Morgan fingerprint density at radius 1 is 1.19 bits per heavy atom. The van der Waals surface area contributed by atoms with Crippen LogP contribution in [0.15, 0.2) is 30.5 Å². The van der Waals surface area contributed by atoms with Crippen LogP contribution in [0, 0.1) is 34.5 Å². The van der Waals surface area contributed by atoms with Crippen LogP contribution in [0.2, 0.25) is 0 Å². The Morgan fingerprint density at radius 3 is 2.71 bits per heavy atom. The number of nitrogens with two attached hydrogens (primary N) is 1. The molecule has 0 saturated heterocycles. The minimum atomic E-state index is 0.287. The SMILES string of the molecule is COc1ccccc1CNc1ncc(C#N)c(NCC23CC4CC(C2)C(N)C(C4)C3)n1. The average Bonchev–Trinajstić information content (AvgIpc) is 2.79. The highest BCUT2D eigenvalue weighted by Crippen LogP contribution is 2.59. The van der Waals surface area contributed by atoms with Crippen molar-refractivity contribution in [2.75, 3.05) is 24.3 Å². The lowest BCUT2D eigenvalue weighted by molar-refractivity contribution is -0.0591. The molecule has 4 aliphatic carbocycles. The van der Waals surface area contributed by atoms with Crippen molar-refractivity contribution in [1.29, 1.82) is 5.26 Å². The number of ether oxygens (including phenoxy) is 1. The van der Waals surface area contributed by atoms with Gasteiger partial charge in [0.2, 0.25) is 5.95 Å². The zero-order valence-corrected chi connectivity index (χ0v) is 18.0. The van der Waals surface area contributed by atoms with Crippen LogP contribution in [-0.2, 0) is 6.54 Å². The van der Waals surface area contributed by atoms with Gasteiger partial charge in [-0.3, -0.25) is 0 Å². The fourth-order valence-corrected chi connectivity index (χ4v) is 6.43. The maximum atomic E-state index is 9.56. The number of anilines is 2. The minimum Gasteiger partial charge on any atom is -0.496 e. The van der Waals surface area contributed by atoms with Crippen LogP contribution in [0.5, 0.6) is 5.75 Å². The number of nitrogens with one attached hydrogen (secondary N) is 2. The molecule has 1 heterocycles. The summed E-state index contributed by atoms with van der Waals surface area (Å²) in [5.74, 6) is 4.07. The Hall–Kier alpha value is -2.85. The van der Waals surface area contributed by atoms with E-state index in [-0.39, 0.29) is 5.41 Å². The summed E-state index contributed by atoms with van der Waals surface area (Å²) < 4.78 is 5.41. The number of aromatic nitrogens is 2. The molecular formula is C24H30N6O. The van der Waals surface area contributed by atoms with E-state index in [9.17, 15) is 5.26 Å². The van der Waals surface area contributed by atoms with Crippen LogP contribution in [0.25, 0.3) is 0 Å². The maximum absolute atomic E-state index is 9.56. The fourth-order valence-electron chi connectivity index (χ4n) is 6.43. The molecule has 0 aliphatic heterocycles. The summed E-state index contributed by atoms with van der Waals surface area (Å²) in [6.45, 7) is 1.39. The maximum Gasteiger partial charge on any atom is 0.224 e. The highest BCUT2D eigenvalue weighted by Gasteiger charge is 2.54. The van der Waals surface area contributed by atoms with Crippen molar-refractivity contribution in [2.24, 2.45) is 28.9 Å². The van der Waals surface area contributed by atoms with E-state index in [1.807, 2.05) is 24.3 Å². The summed E-state index contributed by atoms with van der Waals surface area (Å²) in [7, 11) is 1.66. The van der Waals surface area contributed by atoms with Crippen molar-refractivity contribution in [3.05, 3.63) is 41.6 Å². The van der Waals surface area contributed by atoms with Crippen LogP contribution < -0.4 is 21.1 Å². The first-order valence-electron chi connectivity index (χ1n) is 11.2. The number of nitriles is 1. The largest absolute Gasteiger partial charge is 0.496 e. The van der Waals surface area contributed by atoms with Crippen LogP contribution in [0.1, 0.15) is 43.2 Å². The number of rotatable bonds is 7. The molecule has 7 heteroatoms. The monoisotopic (exact) mass is 418 g/mol. The van der Waals surface area contributed by atoms with Gasteiger partial charge in [0.15, 0.2) is 0 Å². The summed E-state index contributed by atoms with van der Waals surface area (Å²) in [4.78, 5) is 8.95. The quantitative estimate of drug-likeness (QED) is 0.631. The van der Waals surface area contributed by atoms with Gasteiger partial charge in [-0.1, -0.05) is 18.2 Å². The predicted molar refractivity (Wildman–Crippen MR) is 120 cm³/mol. The number of hydrogen-bond acceptors (Lipinski definition) is 7. The van der Waals surface area contributed by atoms with Gasteiger partial charge in [0.05, 0.1) is 13.3 Å². The number of nitrogens with zero attached hydrogens (tertiary/aromatic N) is 3. The van der Waals surface area contributed by atoms with Crippen LogP contribution >= 0.6 is 0 Å². The lowest BCUT2D eigenvalue weighted by atomic mass is 9.48. The van der Waals surface area contributed by atoms with Crippen molar-refractivity contribution in [3.63, 3.8) is 0 Å². The first kappa shape index (κ1) is 20.1. The zero-order chi connectivity index (χ0) is 21.4. The van der Waals surface area contributed by atoms with Crippen LogP contribution in [0.4, 0.5) is 11.8 Å². The van der Waals surface area contributed by atoms with Gasteiger partial charge in [-0.15, -0.1) is 0 Å². The Kier molecular flexibility index (Phi) is 5.19. The van der Waals surface area contributed by atoms with Crippen LogP contribution in [-0.4, -0.2) is 29.7 Å². The molecule has 4 aliphatic rings. The third-order valence-electron chi connectivity index (χ3n) is 7.64. The van der Waals surface area contributed by atoms with Gasteiger partial charge in [0.25, 0.3) is 0 Å². The van der Waals surface area contributed by atoms with E-state index in [0.29, 0.717) is 41.8 Å². The number of hydrogen-bond donors (Lipinski definition) is 3. The second-order valence-electron chi connectivity index (χ2n) is 9.63.